The largest absolute Gasteiger partial charge is 0.374 e. The van der Waals surface area contributed by atoms with Crippen LogP contribution in [0.25, 0.3) is 0 Å². The fraction of sp³-hybridized carbons (Fsp3) is 0.250. The summed E-state index contributed by atoms with van der Waals surface area (Å²) in [5.41, 5.74) is 1.35. The van der Waals surface area contributed by atoms with E-state index >= 15 is 0 Å². The molecule has 66 valence electrons. The molecule has 0 saturated carbocycles. The van der Waals surface area contributed by atoms with Gasteiger partial charge in [-0.3, -0.25) is 0 Å². The van der Waals surface area contributed by atoms with Crippen molar-refractivity contribution >= 4 is 22.9 Å². The minimum Gasteiger partial charge on any atom is -0.374 e. The van der Waals surface area contributed by atoms with E-state index in [4.69, 9.17) is 0 Å². The fourth-order valence-electron chi connectivity index (χ4n) is 0.985. The number of hydrogen-bond donors (Lipinski definition) is 2. The van der Waals surface area contributed by atoms with E-state index in [1.807, 2.05) is 22.9 Å². The molecule has 2 nitrogen and oxygen atoms in total. The van der Waals surface area contributed by atoms with Crippen LogP contribution in [0.5, 0.6) is 0 Å². The average molecular weight is 281 g/mol. The third kappa shape index (κ3) is 2.40. The van der Waals surface area contributed by atoms with Gasteiger partial charge in [0, 0.05) is 22.9 Å². The highest BCUT2D eigenvalue weighted by atomic mass is 127. The molecule has 2 N–H and O–H groups in total. The maximum Gasteiger partial charge on any atom is 0.139 e. The Labute approximate surface area is 84.3 Å². The second-order valence-electron chi connectivity index (χ2n) is 2.57. The molecule has 1 aromatic carbocycles. The van der Waals surface area contributed by atoms with Gasteiger partial charge in [-0.25, -0.2) is 7.92 Å². The number of aryl methyl sites for hydroxylation is 1. The molecule has 0 aliphatic heterocycles. The van der Waals surface area contributed by atoms with Crippen molar-refractivity contribution in [3.63, 3.8) is 0 Å². The minimum atomic E-state index is -0.806. The summed E-state index contributed by atoms with van der Waals surface area (Å²) in [5.74, 6) is -0.323. The first-order chi connectivity index (χ1) is 5.63. The standard InChI is InChI=1S/C8H9FINO/c1-5-2-6(8(12)11-10)4-7(9)3-5/h2-4,8,11-12H,1H3. The zero-order valence-electron chi connectivity index (χ0n) is 6.51. The molecule has 0 fully saturated rings. The van der Waals surface area contributed by atoms with E-state index in [2.05, 4.69) is 3.53 Å². The molecular formula is C8H9FINO. The Morgan fingerprint density at radius 3 is 2.67 bits per heavy atom. The molecule has 0 amide bonds. The van der Waals surface area contributed by atoms with Crippen molar-refractivity contribution in [2.24, 2.45) is 0 Å². The summed E-state index contributed by atoms with van der Waals surface area (Å²) in [4.78, 5) is 0. The van der Waals surface area contributed by atoms with Crippen molar-refractivity contribution in [1.82, 2.24) is 3.53 Å². The number of aliphatic hydroxyl groups is 1. The van der Waals surface area contributed by atoms with Crippen LogP contribution in [0.15, 0.2) is 18.2 Å². The summed E-state index contributed by atoms with van der Waals surface area (Å²) < 4.78 is 15.4. The lowest BCUT2D eigenvalue weighted by Crippen LogP contribution is -2.09. The van der Waals surface area contributed by atoms with Gasteiger partial charge < -0.3 is 5.11 Å². The van der Waals surface area contributed by atoms with Crippen LogP contribution in [0, 0.1) is 12.7 Å². The van der Waals surface area contributed by atoms with Crippen LogP contribution in [-0.2, 0) is 0 Å². The van der Waals surface area contributed by atoms with E-state index in [1.54, 1.807) is 13.0 Å². The Kier molecular flexibility index (Phi) is 3.42. The Bertz CT molecular complexity index is 260. The number of nitrogens with one attached hydrogen (secondary N) is 1. The van der Waals surface area contributed by atoms with Gasteiger partial charge in [0.25, 0.3) is 0 Å². The topological polar surface area (TPSA) is 32.3 Å². The average Bonchev–Trinajstić information content (AvgIpc) is 2.01. The number of halogens is 2. The lowest BCUT2D eigenvalue weighted by Gasteiger charge is -2.08. The third-order valence-electron chi connectivity index (χ3n) is 1.48. The minimum absolute atomic E-state index is 0.323. The summed E-state index contributed by atoms with van der Waals surface area (Å²) in [7, 11) is 0. The van der Waals surface area contributed by atoms with Crippen molar-refractivity contribution in [2.45, 2.75) is 13.2 Å². The quantitative estimate of drug-likeness (QED) is 0.494. The van der Waals surface area contributed by atoms with Gasteiger partial charge in [0.05, 0.1) is 0 Å². The molecule has 0 aromatic heterocycles. The Hall–Kier alpha value is -0.200. The smallest absolute Gasteiger partial charge is 0.139 e. The van der Waals surface area contributed by atoms with Gasteiger partial charge in [0.15, 0.2) is 0 Å². The molecule has 1 aromatic rings. The van der Waals surface area contributed by atoms with Crippen LogP contribution < -0.4 is 3.53 Å². The van der Waals surface area contributed by atoms with Gasteiger partial charge in [0.2, 0.25) is 0 Å². The molecule has 0 heterocycles. The molecule has 1 atom stereocenters. The van der Waals surface area contributed by atoms with Gasteiger partial charge in [-0.05, 0) is 30.2 Å². The maximum absolute atomic E-state index is 12.8. The molecule has 0 aliphatic rings. The van der Waals surface area contributed by atoms with Crippen LogP contribution in [-0.4, -0.2) is 5.11 Å². The number of aliphatic hydroxyl groups excluding tert-OH is 1. The van der Waals surface area contributed by atoms with Crippen molar-refractivity contribution < 1.29 is 9.50 Å². The van der Waals surface area contributed by atoms with Gasteiger partial charge in [-0.1, -0.05) is 6.07 Å². The highest BCUT2D eigenvalue weighted by molar-refractivity contribution is 14.1. The lowest BCUT2D eigenvalue weighted by molar-refractivity contribution is 0.175. The van der Waals surface area contributed by atoms with E-state index in [1.165, 1.54) is 12.1 Å². The molecule has 0 spiro atoms. The van der Waals surface area contributed by atoms with Crippen molar-refractivity contribution in [1.29, 1.82) is 0 Å². The van der Waals surface area contributed by atoms with Crippen LogP contribution in [0.2, 0.25) is 0 Å². The molecule has 0 bridgehead atoms. The third-order valence-corrected chi connectivity index (χ3v) is 2.07. The molecule has 12 heavy (non-hydrogen) atoms. The zero-order valence-corrected chi connectivity index (χ0v) is 8.67. The first-order valence-electron chi connectivity index (χ1n) is 3.45. The van der Waals surface area contributed by atoms with Gasteiger partial charge >= 0.3 is 0 Å². The normalized spacial score (nSPS) is 13.0. The lowest BCUT2D eigenvalue weighted by atomic mass is 10.1. The summed E-state index contributed by atoms with van der Waals surface area (Å²) in [6.45, 7) is 1.78. The monoisotopic (exact) mass is 281 g/mol. The fourth-order valence-corrected chi connectivity index (χ4v) is 1.35. The Morgan fingerprint density at radius 1 is 1.50 bits per heavy atom. The second kappa shape index (κ2) is 4.15. The first-order valence-corrected chi connectivity index (χ1v) is 4.52. The van der Waals surface area contributed by atoms with E-state index in [0.29, 0.717) is 5.56 Å². The van der Waals surface area contributed by atoms with Crippen LogP contribution in [0.3, 0.4) is 0 Å². The van der Waals surface area contributed by atoms with Gasteiger partial charge in [-0.15, -0.1) is 0 Å². The molecule has 0 aliphatic carbocycles. The van der Waals surface area contributed by atoms with Crippen molar-refractivity contribution in [2.75, 3.05) is 0 Å². The first kappa shape index (κ1) is 9.88. The predicted octanol–water partition coefficient (Wildman–Crippen LogP) is 2.06. The highest BCUT2D eigenvalue weighted by Gasteiger charge is 2.06. The Morgan fingerprint density at radius 2 is 2.17 bits per heavy atom. The maximum atomic E-state index is 12.8. The summed E-state index contributed by atoms with van der Waals surface area (Å²) in [6.07, 6.45) is -0.806. The van der Waals surface area contributed by atoms with Crippen molar-refractivity contribution in [3.05, 3.63) is 35.1 Å². The van der Waals surface area contributed by atoms with E-state index in [9.17, 15) is 9.50 Å². The van der Waals surface area contributed by atoms with Gasteiger partial charge in [0.1, 0.15) is 12.0 Å². The van der Waals surface area contributed by atoms with E-state index in [0.717, 1.165) is 5.56 Å². The van der Waals surface area contributed by atoms with Crippen LogP contribution >= 0.6 is 22.9 Å². The predicted molar refractivity (Wildman–Crippen MR) is 53.3 cm³/mol. The highest BCUT2D eigenvalue weighted by Crippen LogP contribution is 2.14. The SMILES string of the molecule is Cc1cc(F)cc(C(O)NI)c1. The molecule has 4 heteroatoms. The number of rotatable bonds is 2. The Balaban J connectivity index is 3.00. The molecule has 1 rings (SSSR count). The molecule has 1 unspecified atom stereocenters. The van der Waals surface area contributed by atoms with E-state index < -0.39 is 6.23 Å². The van der Waals surface area contributed by atoms with Crippen LogP contribution in [0.1, 0.15) is 17.4 Å². The molecular weight excluding hydrogens is 272 g/mol. The van der Waals surface area contributed by atoms with Crippen LogP contribution in [0.4, 0.5) is 4.39 Å². The summed E-state index contributed by atoms with van der Waals surface area (Å²) in [6, 6.07) is 4.46. The second-order valence-corrected chi connectivity index (χ2v) is 3.20. The summed E-state index contributed by atoms with van der Waals surface area (Å²) >= 11 is 1.82. The number of hydrogen-bond acceptors (Lipinski definition) is 2. The summed E-state index contributed by atoms with van der Waals surface area (Å²) in [5, 5.41) is 9.29. The zero-order chi connectivity index (χ0) is 9.14. The number of benzene rings is 1. The van der Waals surface area contributed by atoms with E-state index in [-0.39, 0.29) is 5.82 Å². The molecule has 0 saturated heterocycles. The molecule has 0 radical (unpaired) electrons. The van der Waals surface area contributed by atoms with Gasteiger partial charge in [-0.2, -0.15) is 0 Å². The van der Waals surface area contributed by atoms with Crippen molar-refractivity contribution in [3.8, 4) is 0 Å².